The molecule has 0 radical (unpaired) electrons. The number of aryl methyl sites for hydroxylation is 1. The Morgan fingerprint density at radius 2 is 1.59 bits per heavy atom. The standard InChI is InChI=1S/C19H16N2O/c1-14-11-12-16(18-10-6-5-9-17(14)18)13-20-21-19(22)15-7-3-2-4-8-15/h2-13H,1H3,(H,21,22)/b20-13+. The van der Waals surface area contributed by atoms with Crippen molar-refractivity contribution in [1.29, 1.82) is 0 Å². The summed E-state index contributed by atoms with van der Waals surface area (Å²) in [4.78, 5) is 11.9. The van der Waals surface area contributed by atoms with Gasteiger partial charge in [-0.05, 0) is 35.4 Å². The van der Waals surface area contributed by atoms with Crippen LogP contribution >= 0.6 is 0 Å². The third-order valence-electron chi connectivity index (χ3n) is 3.58. The molecule has 3 heteroatoms. The van der Waals surface area contributed by atoms with Gasteiger partial charge in [0, 0.05) is 11.1 Å². The average Bonchev–Trinajstić information content (AvgIpc) is 2.58. The number of hydrazone groups is 1. The van der Waals surface area contributed by atoms with E-state index in [1.54, 1.807) is 18.3 Å². The molecule has 0 aromatic heterocycles. The molecular formula is C19H16N2O. The van der Waals surface area contributed by atoms with E-state index in [1.807, 2.05) is 36.4 Å². The molecule has 1 amide bonds. The molecule has 3 aromatic carbocycles. The lowest BCUT2D eigenvalue weighted by molar-refractivity contribution is 0.0955. The predicted octanol–water partition coefficient (Wildman–Crippen LogP) is 3.91. The highest BCUT2D eigenvalue weighted by atomic mass is 16.2. The van der Waals surface area contributed by atoms with E-state index in [1.165, 1.54) is 10.9 Å². The molecule has 0 spiro atoms. The molecule has 0 aliphatic heterocycles. The van der Waals surface area contributed by atoms with E-state index in [0.717, 1.165) is 10.9 Å². The van der Waals surface area contributed by atoms with Crippen LogP contribution in [-0.2, 0) is 0 Å². The lowest BCUT2D eigenvalue weighted by Gasteiger charge is -2.05. The topological polar surface area (TPSA) is 41.5 Å². The van der Waals surface area contributed by atoms with Crippen LogP contribution in [0.25, 0.3) is 10.8 Å². The van der Waals surface area contributed by atoms with Crippen LogP contribution in [0.15, 0.2) is 71.8 Å². The monoisotopic (exact) mass is 288 g/mol. The summed E-state index contributed by atoms with van der Waals surface area (Å²) in [5.41, 5.74) is 5.35. The molecular weight excluding hydrogens is 272 g/mol. The number of rotatable bonds is 3. The van der Waals surface area contributed by atoms with Crippen LogP contribution < -0.4 is 5.43 Å². The van der Waals surface area contributed by atoms with Crippen LogP contribution in [0.2, 0.25) is 0 Å². The molecule has 3 rings (SSSR count). The van der Waals surface area contributed by atoms with Crippen molar-refractivity contribution >= 4 is 22.9 Å². The normalized spacial score (nSPS) is 11.0. The number of carbonyl (C=O) groups excluding carboxylic acids is 1. The van der Waals surface area contributed by atoms with Crippen molar-refractivity contribution in [3.63, 3.8) is 0 Å². The van der Waals surface area contributed by atoms with Gasteiger partial charge < -0.3 is 0 Å². The first-order valence-corrected chi connectivity index (χ1v) is 7.12. The first-order chi connectivity index (χ1) is 10.8. The van der Waals surface area contributed by atoms with Crippen molar-refractivity contribution in [3.8, 4) is 0 Å². The molecule has 1 N–H and O–H groups in total. The van der Waals surface area contributed by atoms with E-state index in [4.69, 9.17) is 0 Å². The van der Waals surface area contributed by atoms with E-state index >= 15 is 0 Å². The predicted molar refractivity (Wildman–Crippen MR) is 90.2 cm³/mol. The van der Waals surface area contributed by atoms with Gasteiger partial charge in [0.25, 0.3) is 5.91 Å². The molecule has 3 aromatic rings. The molecule has 22 heavy (non-hydrogen) atoms. The average molecular weight is 288 g/mol. The smallest absolute Gasteiger partial charge is 0.267 e. The van der Waals surface area contributed by atoms with Gasteiger partial charge in [0.15, 0.2) is 0 Å². The van der Waals surface area contributed by atoms with Gasteiger partial charge in [0.1, 0.15) is 0 Å². The third kappa shape index (κ3) is 2.88. The van der Waals surface area contributed by atoms with Crippen molar-refractivity contribution in [2.45, 2.75) is 6.92 Å². The highest BCUT2D eigenvalue weighted by Crippen LogP contribution is 2.20. The van der Waals surface area contributed by atoms with E-state index in [9.17, 15) is 4.79 Å². The van der Waals surface area contributed by atoms with Crippen LogP contribution in [-0.4, -0.2) is 12.1 Å². The van der Waals surface area contributed by atoms with E-state index in [-0.39, 0.29) is 5.91 Å². The first kappa shape index (κ1) is 14.0. The van der Waals surface area contributed by atoms with E-state index in [0.29, 0.717) is 5.56 Å². The number of carbonyl (C=O) groups is 1. The largest absolute Gasteiger partial charge is 0.271 e. The highest BCUT2D eigenvalue weighted by Gasteiger charge is 2.03. The minimum atomic E-state index is -0.215. The van der Waals surface area contributed by atoms with Gasteiger partial charge in [-0.15, -0.1) is 0 Å². The summed E-state index contributed by atoms with van der Waals surface area (Å²) in [5, 5.41) is 6.39. The fourth-order valence-electron chi connectivity index (χ4n) is 2.40. The number of hydrogen-bond acceptors (Lipinski definition) is 2. The van der Waals surface area contributed by atoms with Gasteiger partial charge in [0.05, 0.1) is 6.21 Å². The number of amides is 1. The molecule has 0 aliphatic rings. The van der Waals surface area contributed by atoms with Crippen LogP contribution in [0, 0.1) is 6.92 Å². The molecule has 0 aliphatic carbocycles. The van der Waals surface area contributed by atoms with Gasteiger partial charge in [-0.1, -0.05) is 54.6 Å². The van der Waals surface area contributed by atoms with Crippen molar-refractivity contribution in [1.82, 2.24) is 5.43 Å². The molecule has 108 valence electrons. The van der Waals surface area contributed by atoms with Gasteiger partial charge in [0.2, 0.25) is 0 Å². The van der Waals surface area contributed by atoms with Crippen molar-refractivity contribution in [2.24, 2.45) is 5.10 Å². The maximum atomic E-state index is 11.9. The Bertz CT molecular complexity index is 838. The molecule has 0 heterocycles. The zero-order chi connectivity index (χ0) is 15.4. The van der Waals surface area contributed by atoms with Crippen LogP contribution in [0.3, 0.4) is 0 Å². The second-order valence-corrected chi connectivity index (χ2v) is 5.08. The number of fused-ring (bicyclic) bond motifs is 1. The fraction of sp³-hybridized carbons (Fsp3) is 0.0526. The van der Waals surface area contributed by atoms with Crippen LogP contribution in [0.4, 0.5) is 0 Å². The Morgan fingerprint density at radius 3 is 2.36 bits per heavy atom. The van der Waals surface area contributed by atoms with Gasteiger partial charge >= 0.3 is 0 Å². The van der Waals surface area contributed by atoms with Crippen LogP contribution in [0.5, 0.6) is 0 Å². The summed E-state index contributed by atoms with van der Waals surface area (Å²) in [6, 6.07) is 21.3. The summed E-state index contributed by atoms with van der Waals surface area (Å²) < 4.78 is 0. The van der Waals surface area contributed by atoms with Crippen molar-refractivity contribution in [3.05, 3.63) is 83.4 Å². The summed E-state index contributed by atoms with van der Waals surface area (Å²) in [6.45, 7) is 2.08. The second-order valence-electron chi connectivity index (χ2n) is 5.08. The van der Waals surface area contributed by atoms with Gasteiger partial charge in [-0.3, -0.25) is 4.79 Å². The summed E-state index contributed by atoms with van der Waals surface area (Å²) in [7, 11) is 0. The second kappa shape index (κ2) is 6.22. The summed E-state index contributed by atoms with van der Waals surface area (Å²) >= 11 is 0. The third-order valence-corrected chi connectivity index (χ3v) is 3.58. The lowest BCUT2D eigenvalue weighted by Crippen LogP contribution is -2.17. The lowest BCUT2D eigenvalue weighted by atomic mass is 10.0. The van der Waals surface area contributed by atoms with E-state index < -0.39 is 0 Å². The maximum absolute atomic E-state index is 11.9. The maximum Gasteiger partial charge on any atom is 0.271 e. The molecule has 0 saturated carbocycles. The Labute approximate surface area is 129 Å². The Balaban J connectivity index is 1.82. The van der Waals surface area contributed by atoms with Crippen molar-refractivity contribution < 1.29 is 4.79 Å². The molecule has 0 saturated heterocycles. The molecule has 0 bridgehead atoms. The van der Waals surface area contributed by atoms with Crippen molar-refractivity contribution in [2.75, 3.05) is 0 Å². The first-order valence-electron chi connectivity index (χ1n) is 7.12. The fourth-order valence-corrected chi connectivity index (χ4v) is 2.40. The van der Waals surface area contributed by atoms with Gasteiger partial charge in [-0.25, -0.2) is 5.43 Å². The summed E-state index contributed by atoms with van der Waals surface area (Å²) in [5.74, 6) is -0.215. The molecule has 3 nitrogen and oxygen atoms in total. The van der Waals surface area contributed by atoms with E-state index in [2.05, 4.69) is 35.7 Å². The zero-order valence-corrected chi connectivity index (χ0v) is 12.3. The number of hydrogen-bond donors (Lipinski definition) is 1. The Morgan fingerprint density at radius 1 is 0.909 bits per heavy atom. The minimum Gasteiger partial charge on any atom is -0.267 e. The van der Waals surface area contributed by atoms with Crippen LogP contribution in [0.1, 0.15) is 21.5 Å². The number of nitrogens with zero attached hydrogens (tertiary/aromatic N) is 1. The Hall–Kier alpha value is -2.94. The highest BCUT2D eigenvalue weighted by molar-refractivity contribution is 6.01. The number of nitrogens with one attached hydrogen (secondary N) is 1. The quantitative estimate of drug-likeness (QED) is 0.576. The van der Waals surface area contributed by atoms with Gasteiger partial charge in [-0.2, -0.15) is 5.10 Å². The number of benzene rings is 3. The minimum absolute atomic E-state index is 0.215. The zero-order valence-electron chi connectivity index (χ0n) is 12.3. The Kier molecular flexibility index (Phi) is 3.97. The molecule has 0 unspecified atom stereocenters. The summed E-state index contributed by atoms with van der Waals surface area (Å²) in [6.07, 6.45) is 1.68. The SMILES string of the molecule is Cc1ccc(/C=N/NC(=O)c2ccccc2)c2ccccc12. The molecule has 0 atom stereocenters. The molecule has 0 fully saturated rings.